The fourth-order valence-corrected chi connectivity index (χ4v) is 1.36. The molecule has 6 heteroatoms. The van der Waals surface area contributed by atoms with Gasteiger partial charge in [-0.25, -0.2) is 4.79 Å². The Balaban J connectivity index is 2.16. The van der Waals surface area contributed by atoms with Crippen molar-refractivity contribution in [3.63, 3.8) is 0 Å². The first-order valence-corrected chi connectivity index (χ1v) is 4.61. The maximum absolute atomic E-state index is 11.4. The van der Waals surface area contributed by atoms with E-state index < -0.39 is 5.97 Å². The lowest BCUT2D eigenvalue weighted by Crippen LogP contribution is -2.40. The second-order valence-corrected chi connectivity index (χ2v) is 3.13. The summed E-state index contributed by atoms with van der Waals surface area (Å²) >= 11 is 0. The monoisotopic (exact) mass is 196 g/mol. The molecule has 1 saturated heterocycles. The summed E-state index contributed by atoms with van der Waals surface area (Å²) in [6.45, 7) is 3.81. The van der Waals surface area contributed by atoms with Gasteiger partial charge in [0.05, 0.1) is 6.61 Å². The van der Waals surface area contributed by atoms with Gasteiger partial charge in [0.1, 0.15) is 5.69 Å². The number of aromatic amines is 1. The van der Waals surface area contributed by atoms with Gasteiger partial charge in [-0.05, 0) is 6.92 Å². The summed E-state index contributed by atoms with van der Waals surface area (Å²) in [5.41, 5.74) is 1.03. The van der Waals surface area contributed by atoms with Gasteiger partial charge in [0.25, 0.3) is 0 Å². The highest BCUT2D eigenvalue weighted by Gasteiger charge is 2.28. The lowest BCUT2D eigenvalue weighted by Gasteiger charge is -2.25. The molecule has 1 aliphatic rings. The van der Waals surface area contributed by atoms with E-state index in [2.05, 4.69) is 20.7 Å². The van der Waals surface area contributed by atoms with Crippen LogP contribution in [0.5, 0.6) is 0 Å². The molecule has 76 valence electrons. The molecule has 1 aromatic heterocycles. The first kappa shape index (κ1) is 9.14. The zero-order valence-corrected chi connectivity index (χ0v) is 7.91. The Labute approximate surface area is 81.0 Å². The molecule has 2 N–H and O–H groups in total. The number of hydrogen-bond acceptors (Lipinski definition) is 5. The molecule has 1 fully saturated rings. The fraction of sp³-hybridized carbons (Fsp3) is 0.625. The van der Waals surface area contributed by atoms with Crippen LogP contribution in [0.25, 0.3) is 0 Å². The first-order chi connectivity index (χ1) is 6.83. The van der Waals surface area contributed by atoms with Gasteiger partial charge in [-0.15, -0.1) is 5.10 Å². The molecule has 14 heavy (non-hydrogen) atoms. The SMILES string of the molecule is CCOC(=O)c1n[nH]nc1C1CNC1. The van der Waals surface area contributed by atoms with Crippen molar-refractivity contribution < 1.29 is 9.53 Å². The number of nitrogens with one attached hydrogen (secondary N) is 2. The molecule has 0 saturated carbocycles. The Kier molecular flexibility index (Phi) is 2.45. The maximum atomic E-state index is 11.4. The number of hydrogen-bond donors (Lipinski definition) is 2. The predicted molar refractivity (Wildman–Crippen MR) is 47.9 cm³/mol. The quantitative estimate of drug-likeness (QED) is 0.647. The Bertz CT molecular complexity index is 332. The molecule has 6 nitrogen and oxygen atoms in total. The normalized spacial score (nSPS) is 16.4. The van der Waals surface area contributed by atoms with Crippen molar-refractivity contribution in [3.8, 4) is 0 Å². The first-order valence-electron chi connectivity index (χ1n) is 4.61. The lowest BCUT2D eigenvalue weighted by atomic mass is 9.98. The summed E-state index contributed by atoms with van der Waals surface area (Å²) in [5.74, 6) is -0.115. The zero-order chi connectivity index (χ0) is 9.97. The van der Waals surface area contributed by atoms with Crippen LogP contribution >= 0.6 is 0 Å². The molecule has 0 atom stereocenters. The van der Waals surface area contributed by atoms with Crippen LogP contribution in [0.2, 0.25) is 0 Å². The van der Waals surface area contributed by atoms with Crippen LogP contribution in [0.1, 0.15) is 29.0 Å². The van der Waals surface area contributed by atoms with Gasteiger partial charge in [0.2, 0.25) is 0 Å². The van der Waals surface area contributed by atoms with Gasteiger partial charge >= 0.3 is 5.97 Å². The second kappa shape index (κ2) is 3.75. The fourth-order valence-electron chi connectivity index (χ4n) is 1.36. The minimum Gasteiger partial charge on any atom is -0.461 e. The number of aromatic nitrogens is 3. The van der Waals surface area contributed by atoms with Crippen LogP contribution in [0.15, 0.2) is 0 Å². The molecule has 0 amide bonds. The van der Waals surface area contributed by atoms with Crippen LogP contribution in [0.4, 0.5) is 0 Å². The van der Waals surface area contributed by atoms with E-state index in [4.69, 9.17) is 4.74 Å². The summed E-state index contributed by atoms with van der Waals surface area (Å²) in [6, 6.07) is 0. The number of carbonyl (C=O) groups is 1. The molecule has 1 aromatic rings. The molecule has 0 radical (unpaired) electrons. The van der Waals surface area contributed by atoms with Crippen LogP contribution in [-0.4, -0.2) is 41.1 Å². The average Bonchev–Trinajstić information content (AvgIpc) is 2.50. The minimum atomic E-state index is -0.400. The van der Waals surface area contributed by atoms with Crippen molar-refractivity contribution in [1.82, 2.24) is 20.7 Å². The number of esters is 1. The van der Waals surface area contributed by atoms with Crippen molar-refractivity contribution >= 4 is 5.97 Å². The predicted octanol–water partition coefficient (Wildman–Crippen LogP) is -0.332. The third kappa shape index (κ3) is 1.48. The second-order valence-electron chi connectivity index (χ2n) is 3.13. The van der Waals surface area contributed by atoms with E-state index in [9.17, 15) is 4.79 Å². The Morgan fingerprint density at radius 1 is 1.57 bits per heavy atom. The molecule has 0 aromatic carbocycles. The standard InChI is InChI=1S/C8H12N4O2/c1-2-14-8(13)7-6(10-12-11-7)5-3-9-4-5/h5,9H,2-4H2,1H3,(H,10,11,12). The highest BCUT2D eigenvalue weighted by Crippen LogP contribution is 2.20. The van der Waals surface area contributed by atoms with Gasteiger partial charge in [0, 0.05) is 19.0 Å². The van der Waals surface area contributed by atoms with Gasteiger partial charge in [-0.2, -0.15) is 10.3 Å². The van der Waals surface area contributed by atoms with E-state index in [-0.39, 0.29) is 5.92 Å². The zero-order valence-electron chi connectivity index (χ0n) is 7.91. The molecule has 2 heterocycles. The van der Waals surface area contributed by atoms with Crippen LogP contribution < -0.4 is 5.32 Å². The topological polar surface area (TPSA) is 79.9 Å². The number of rotatable bonds is 3. The van der Waals surface area contributed by atoms with E-state index in [0.717, 1.165) is 13.1 Å². The molecule has 0 aliphatic carbocycles. The molecule has 1 aliphatic heterocycles. The van der Waals surface area contributed by atoms with Gasteiger partial charge in [0.15, 0.2) is 5.69 Å². The van der Waals surface area contributed by atoms with Crippen molar-refractivity contribution in [3.05, 3.63) is 11.4 Å². The van der Waals surface area contributed by atoms with Crippen LogP contribution in [0, 0.1) is 0 Å². The molecular formula is C8H12N4O2. The highest BCUT2D eigenvalue weighted by atomic mass is 16.5. The van der Waals surface area contributed by atoms with Crippen LogP contribution in [-0.2, 0) is 4.74 Å². The summed E-state index contributed by atoms with van der Waals surface area (Å²) < 4.78 is 4.86. The minimum absolute atomic E-state index is 0.285. The van der Waals surface area contributed by atoms with E-state index in [1.54, 1.807) is 6.92 Å². The number of H-pyrrole nitrogens is 1. The number of nitrogens with zero attached hydrogens (tertiary/aromatic N) is 2. The Hall–Kier alpha value is -1.43. The van der Waals surface area contributed by atoms with E-state index in [1.165, 1.54) is 0 Å². The van der Waals surface area contributed by atoms with Crippen molar-refractivity contribution in [2.24, 2.45) is 0 Å². The van der Waals surface area contributed by atoms with Gasteiger partial charge < -0.3 is 10.1 Å². The molecule has 2 rings (SSSR count). The average molecular weight is 196 g/mol. The van der Waals surface area contributed by atoms with Crippen molar-refractivity contribution in [2.75, 3.05) is 19.7 Å². The smallest absolute Gasteiger partial charge is 0.360 e. The summed E-state index contributed by atoms with van der Waals surface area (Å²) in [6.07, 6.45) is 0. The number of ether oxygens (including phenoxy) is 1. The summed E-state index contributed by atoms with van der Waals surface area (Å²) in [5, 5.41) is 13.3. The maximum Gasteiger partial charge on any atom is 0.360 e. The van der Waals surface area contributed by atoms with Crippen LogP contribution in [0.3, 0.4) is 0 Å². The molecule has 0 bridgehead atoms. The molecule has 0 spiro atoms. The molecule has 0 unspecified atom stereocenters. The summed E-state index contributed by atoms with van der Waals surface area (Å²) in [7, 11) is 0. The van der Waals surface area contributed by atoms with Gasteiger partial charge in [-0.3, -0.25) is 0 Å². The van der Waals surface area contributed by atoms with E-state index >= 15 is 0 Å². The summed E-state index contributed by atoms with van der Waals surface area (Å²) in [4.78, 5) is 11.4. The third-order valence-electron chi connectivity index (χ3n) is 2.21. The lowest BCUT2D eigenvalue weighted by molar-refractivity contribution is 0.0517. The van der Waals surface area contributed by atoms with Gasteiger partial charge in [-0.1, -0.05) is 0 Å². The Morgan fingerprint density at radius 2 is 2.36 bits per heavy atom. The number of carbonyl (C=O) groups excluding carboxylic acids is 1. The largest absolute Gasteiger partial charge is 0.461 e. The van der Waals surface area contributed by atoms with Crippen molar-refractivity contribution in [1.29, 1.82) is 0 Å². The van der Waals surface area contributed by atoms with E-state index in [1.807, 2.05) is 0 Å². The van der Waals surface area contributed by atoms with E-state index in [0.29, 0.717) is 18.0 Å². The third-order valence-corrected chi connectivity index (χ3v) is 2.21. The van der Waals surface area contributed by atoms with Crippen molar-refractivity contribution in [2.45, 2.75) is 12.8 Å². The highest BCUT2D eigenvalue weighted by molar-refractivity contribution is 5.88. The Morgan fingerprint density at radius 3 is 2.93 bits per heavy atom. The molecular weight excluding hydrogens is 184 g/mol.